The fourth-order valence-electron chi connectivity index (χ4n) is 1.81. The molecule has 0 radical (unpaired) electrons. The minimum atomic E-state index is -0.169. The monoisotopic (exact) mass is 263 g/mol. The van der Waals surface area contributed by atoms with E-state index in [0.717, 1.165) is 21.8 Å². The van der Waals surface area contributed by atoms with Crippen molar-refractivity contribution < 1.29 is 4.39 Å². The Morgan fingerprint density at radius 1 is 1.17 bits per heavy atom. The first kappa shape index (κ1) is 12.9. The molecule has 0 saturated carbocycles. The first-order valence-corrected chi connectivity index (χ1v) is 6.20. The van der Waals surface area contributed by atoms with Crippen molar-refractivity contribution in [3.8, 4) is 0 Å². The third kappa shape index (κ3) is 2.82. The van der Waals surface area contributed by atoms with Crippen LogP contribution in [0.4, 0.5) is 10.1 Å². The van der Waals surface area contributed by atoms with E-state index < -0.39 is 0 Å². The van der Waals surface area contributed by atoms with Crippen LogP contribution in [0.25, 0.3) is 0 Å². The zero-order chi connectivity index (χ0) is 13.1. The Hall–Kier alpha value is -1.54. The molecule has 2 aromatic rings. The van der Waals surface area contributed by atoms with Gasteiger partial charge in [0, 0.05) is 17.3 Å². The van der Waals surface area contributed by atoms with Crippen molar-refractivity contribution in [2.24, 2.45) is 0 Å². The Morgan fingerprint density at radius 2 is 1.94 bits per heavy atom. The highest BCUT2D eigenvalue weighted by atomic mass is 35.5. The molecule has 94 valence electrons. The normalized spacial score (nSPS) is 10.4. The predicted molar refractivity (Wildman–Crippen MR) is 74.7 cm³/mol. The van der Waals surface area contributed by atoms with E-state index in [9.17, 15) is 4.39 Å². The summed E-state index contributed by atoms with van der Waals surface area (Å²) in [5, 5.41) is 4.06. The van der Waals surface area contributed by atoms with E-state index in [2.05, 4.69) is 5.32 Å². The largest absolute Gasteiger partial charge is 0.381 e. The highest BCUT2D eigenvalue weighted by Crippen LogP contribution is 2.23. The Morgan fingerprint density at radius 3 is 2.67 bits per heavy atom. The van der Waals surface area contributed by atoms with Crippen molar-refractivity contribution in [1.82, 2.24) is 0 Å². The fraction of sp³-hybridized carbons (Fsp3) is 0.200. The quantitative estimate of drug-likeness (QED) is 0.846. The molecule has 0 spiro atoms. The second kappa shape index (κ2) is 5.40. The lowest BCUT2D eigenvalue weighted by atomic mass is 10.1. The Balaban J connectivity index is 2.11. The van der Waals surface area contributed by atoms with Gasteiger partial charge in [0.2, 0.25) is 0 Å². The summed E-state index contributed by atoms with van der Waals surface area (Å²) in [5.74, 6) is -0.169. The number of nitrogens with one attached hydrogen (secondary N) is 1. The summed E-state index contributed by atoms with van der Waals surface area (Å²) in [6.45, 7) is 4.40. The molecule has 0 amide bonds. The summed E-state index contributed by atoms with van der Waals surface area (Å²) in [6.07, 6.45) is 0. The van der Waals surface area contributed by atoms with Gasteiger partial charge in [0.25, 0.3) is 0 Å². The first-order chi connectivity index (χ1) is 8.58. The van der Waals surface area contributed by atoms with Crippen molar-refractivity contribution in [2.45, 2.75) is 20.4 Å². The zero-order valence-corrected chi connectivity index (χ0v) is 11.2. The maximum absolute atomic E-state index is 13.1. The van der Waals surface area contributed by atoms with Crippen LogP contribution in [0.2, 0.25) is 5.02 Å². The van der Waals surface area contributed by atoms with Crippen LogP contribution < -0.4 is 5.32 Å². The molecule has 0 saturated heterocycles. The number of benzene rings is 2. The van der Waals surface area contributed by atoms with E-state index in [1.807, 2.05) is 31.2 Å². The molecule has 2 rings (SSSR count). The van der Waals surface area contributed by atoms with Crippen molar-refractivity contribution >= 4 is 17.3 Å². The van der Waals surface area contributed by atoms with Crippen LogP contribution in [0.5, 0.6) is 0 Å². The van der Waals surface area contributed by atoms with Crippen molar-refractivity contribution in [3.05, 3.63) is 63.9 Å². The molecule has 18 heavy (non-hydrogen) atoms. The van der Waals surface area contributed by atoms with Crippen LogP contribution in [0.3, 0.4) is 0 Å². The van der Waals surface area contributed by atoms with Gasteiger partial charge in [0.05, 0.1) is 0 Å². The molecule has 0 unspecified atom stereocenters. The van der Waals surface area contributed by atoms with E-state index in [1.54, 1.807) is 13.0 Å². The topological polar surface area (TPSA) is 12.0 Å². The third-order valence-electron chi connectivity index (χ3n) is 2.97. The van der Waals surface area contributed by atoms with Gasteiger partial charge in [-0.3, -0.25) is 0 Å². The van der Waals surface area contributed by atoms with Crippen molar-refractivity contribution in [2.75, 3.05) is 5.32 Å². The van der Waals surface area contributed by atoms with Gasteiger partial charge in [-0.1, -0.05) is 29.8 Å². The predicted octanol–water partition coefficient (Wildman–Crippen LogP) is 4.71. The Kier molecular flexibility index (Phi) is 3.87. The average Bonchev–Trinajstić information content (AvgIpc) is 2.35. The lowest BCUT2D eigenvalue weighted by Crippen LogP contribution is -2.01. The lowest BCUT2D eigenvalue weighted by molar-refractivity contribution is 0.617. The van der Waals surface area contributed by atoms with Crippen molar-refractivity contribution in [1.29, 1.82) is 0 Å². The van der Waals surface area contributed by atoms with E-state index >= 15 is 0 Å². The van der Waals surface area contributed by atoms with Gasteiger partial charge < -0.3 is 5.32 Å². The zero-order valence-electron chi connectivity index (χ0n) is 10.4. The van der Waals surface area contributed by atoms with Gasteiger partial charge in [-0.25, -0.2) is 4.39 Å². The molecule has 0 fully saturated rings. The highest BCUT2D eigenvalue weighted by Gasteiger charge is 2.03. The van der Waals surface area contributed by atoms with Gasteiger partial charge in [-0.05, 0) is 48.7 Å². The fourth-order valence-corrected chi connectivity index (χ4v) is 1.99. The number of rotatable bonds is 3. The highest BCUT2D eigenvalue weighted by molar-refractivity contribution is 6.31. The van der Waals surface area contributed by atoms with Crippen LogP contribution in [-0.4, -0.2) is 0 Å². The van der Waals surface area contributed by atoms with Crippen LogP contribution >= 0.6 is 11.6 Å². The van der Waals surface area contributed by atoms with Crippen LogP contribution in [-0.2, 0) is 6.54 Å². The second-order valence-corrected chi connectivity index (χ2v) is 4.76. The molecule has 0 heterocycles. The molecule has 3 heteroatoms. The molecule has 0 atom stereocenters. The molecule has 0 aliphatic carbocycles. The number of anilines is 1. The molecular formula is C15H15ClFN. The lowest BCUT2D eigenvalue weighted by Gasteiger charge is -2.11. The maximum Gasteiger partial charge on any atom is 0.126 e. The summed E-state index contributed by atoms with van der Waals surface area (Å²) in [7, 11) is 0. The second-order valence-electron chi connectivity index (χ2n) is 4.35. The Bertz CT molecular complexity index is 566. The summed E-state index contributed by atoms with van der Waals surface area (Å²) in [5.41, 5.74) is 3.74. The minimum Gasteiger partial charge on any atom is -0.381 e. The molecule has 0 aliphatic rings. The van der Waals surface area contributed by atoms with Crippen molar-refractivity contribution in [3.63, 3.8) is 0 Å². The van der Waals surface area contributed by atoms with Gasteiger partial charge in [-0.2, -0.15) is 0 Å². The number of halogens is 2. The summed E-state index contributed by atoms with van der Waals surface area (Å²) < 4.78 is 13.1. The Labute approximate surface area is 112 Å². The molecule has 2 aromatic carbocycles. The smallest absolute Gasteiger partial charge is 0.126 e. The summed E-state index contributed by atoms with van der Waals surface area (Å²) >= 11 is 6.05. The standard InChI is InChI=1S/C15H15ClFN/c1-10-8-12(6-7-14(10)17)9-18-15-5-3-4-13(16)11(15)2/h3-8,18H,9H2,1-2H3. The SMILES string of the molecule is Cc1cc(CNc2cccc(Cl)c2C)ccc1F. The number of hydrogen-bond acceptors (Lipinski definition) is 1. The number of aryl methyl sites for hydroxylation is 1. The van der Waals surface area contributed by atoms with Gasteiger partial charge in [-0.15, -0.1) is 0 Å². The maximum atomic E-state index is 13.1. The van der Waals surface area contributed by atoms with E-state index in [4.69, 9.17) is 11.6 Å². The molecule has 1 nitrogen and oxygen atoms in total. The molecule has 1 N–H and O–H groups in total. The minimum absolute atomic E-state index is 0.169. The first-order valence-electron chi connectivity index (χ1n) is 5.82. The summed E-state index contributed by atoms with van der Waals surface area (Å²) in [6, 6.07) is 10.9. The average molecular weight is 264 g/mol. The van der Waals surface area contributed by atoms with Gasteiger partial charge in [0.15, 0.2) is 0 Å². The van der Waals surface area contributed by atoms with Crippen LogP contribution in [0.15, 0.2) is 36.4 Å². The van der Waals surface area contributed by atoms with Gasteiger partial charge in [0.1, 0.15) is 5.82 Å². The van der Waals surface area contributed by atoms with Crippen LogP contribution in [0, 0.1) is 19.7 Å². The third-order valence-corrected chi connectivity index (χ3v) is 3.38. The molecule has 0 bridgehead atoms. The molecule has 0 aromatic heterocycles. The van der Waals surface area contributed by atoms with Gasteiger partial charge >= 0.3 is 0 Å². The summed E-state index contributed by atoms with van der Waals surface area (Å²) in [4.78, 5) is 0. The van der Waals surface area contributed by atoms with E-state index in [-0.39, 0.29) is 5.82 Å². The van der Waals surface area contributed by atoms with Crippen LogP contribution in [0.1, 0.15) is 16.7 Å². The van der Waals surface area contributed by atoms with E-state index in [0.29, 0.717) is 12.1 Å². The molecule has 0 aliphatic heterocycles. The number of hydrogen-bond donors (Lipinski definition) is 1. The van der Waals surface area contributed by atoms with E-state index in [1.165, 1.54) is 6.07 Å². The molecular weight excluding hydrogens is 249 g/mol.